The van der Waals surface area contributed by atoms with Crippen molar-refractivity contribution in [2.45, 2.75) is 51.1 Å². The maximum absolute atomic E-state index is 12.8. The van der Waals surface area contributed by atoms with Gasteiger partial charge >= 0.3 is 6.18 Å². The zero-order chi connectivity index (χ0) is 25.8. The van der Waals surface area contributed by atoms with Gasteiger partial charge in [-0.2, -0.15) is 13.2 Å². The second-order valence-corrected chi connectivity index (χ2v) is 12.7. The average Bonchev–Trinajstić information content (AvgIpc) is 3.27. The van der Waals surface area contributed by atoms with Crippen LogP contribution in [-0.4, -0.2) is 96.8 Å². The summed E-state index contributed by atoms with van der Waals surface area (Å²) in [5.74, 6) is 2.95. The fourth-order valence-electron chi connectivity index (χ4n) is 6.30. The summed E-state index contributed by atoms with van der Waals surface area (Å²) in [6, 6.07) is 1.60. The maximum Gasteiger partial charge on any atom is 0.393 e. The summed E-state index contributed by atoms with van der Waals surface area (Å²) >= 11 is 1.10. The lowest BCUT2D eigenvalue weighted by molar-refractivity contribution is -0.126. The lowest BCUT2D eigenvalue weighted by Gasteiger charge is -2.39. The Morgan fingerprint density at radius 3 is 2.11 bits per heavy atom. The third-order valence-electron chi connectivity index (χ3n) is 8.62. The molecule has 0 amide bonds. The van der Waals surface area contributed by atoms with E-state index in [0.29, 0.717) is 22.0 Å². The number of likely N-dealkylation sites (tertiary alicyclic amines) is 1. The number of piperidine rings is 1. The summed E-state index contributed by atoms with van der Waals surface area (Å²) < 4.78 is 38.4. The Kier molecular flexibility index (Phi) is 8.89. The molecule has 10 heteroatoms. The molecule has 0 atom stereocenters. The number of hydrogen-bond acceptors (Lipinski definition) is 7. The van der Waals surface area contributed by atoms with E-state index >= 15 is 0 Å². The van der Waals surface area contributed by atoms with Gasteiger partial charge in [0.1, 0.15) is 17.0 Å². The Balaban J connectivity index is 1.01. The number of anilines is 1. The molecule has 37 heavy (non-hydrogen) atoms. The number of rotatable bonds is 8. The maximum atomic E-state index is 12.8. The molecule has 3 aliphatic rings. The average molecular weight is 539 g/mol. The van der Waals surface area contributed by atoms with Crippen LogP contribution in [0.5, 0.6) is 0 Å². The second-order valence-electron chi connectivity index (χ2n) is 11.6. The van der Waals surface area contributed by atoms with Gasteiger partial charge in [0.25, 0.3) is 0 Å². The molecule has 2 aromatic rings. The number of hydrogen-bond donors (Lipinski definition) is 1. The third kappa shape index (κ3) is 7.77. The first kappa shape index (κ1) is 27.1. The van der Waals surface area contributed by atoms with Gasteiger partial charge in [0.2, 0.25) is 0 Å². The molecule has 0 radical (unpaired) electrons. The summed E-state index contributed by atoms with van der Waals surface area (Å²) in [5, 5.41) is 4.12. The van der Waals surface area contributed by atoms with Crippen LogP contribution in [-0.2, 0) is 6.42 Å². The fourth-order valence-corrected chi connectivity index (χ4v) is 7.33. The van der Waals surface area contributed by atoms with Crippen molar-refractivity contribution in [2.75, 3.05) is 71.3 Å². The number of fused-ring (bicyclic) bond motifs is 1. The van der Waals surface area contributed by atoms with Gasteiger partial charge in [0.15, 0.2) is 0 Å². The SMILES string of the molecule is CN1CCN(CC2CCC(CN3CCC(CNc4ncnc5sc(CC(F)(F)F)cc45)CC3)CC2)CC1. The van der Waals surface area contributed by atoms with Crippen LogP contribution in [0.3, 0.4) is 0 Å². The highest BCUT2D eigenvalue weighted by Gasteiger charge is 2.30. The van der Waals surface area contributed by atoms with E-state index in [-0.39, 0.29) is 4.88 Å². The van der Waals surface area contributed by atoms with Crippen LogP contribution in [0, 0.1) is 17.8 Å². The van der Waals surface area contributed by atoms with E-state index in [1.165, 1.54) is 71.3 Å². The molecular formula is C27H41F3N6S. The molecule has 0 bridgehead atoms. The second kappa shape index (κ2) is 12.1. The number of nitrogens with zero attached hydrogens (tertiary/aromatic N) is 5. The Hall–Kier alpha value is -1.49. The molecule has 0 unspecified atom stereocenters. The number of aromatic nitrogens is 2. The van der Waals surface area contributed by atoms with E-state index in [0.717, 1.165) is 55.6 Å². The molecule has 1 saturated carbocycles. The minimum absolute atomic E-state index is 0.285. The van der Waals surface area contributed by atoms with Crippen LogP contribution >= 0.6 is 11.3 Å². The lowest BCUT2D eigenvalue weighted by Crippen LogP contribution is -2.46. The van der Waals surface area contributed by atoms with Crippen molar-refractivity contribution in [2.24, 2.45) is 17.8 Å². The first-order chi connectivity index (χ1) is 17.8. The molecular weight excluding hydrogens is 497 g/mol. The lowest BCUT2D eigenvalue weighted by atomic mass is 9.81. The molecule has 1 N–H and O–H groups in total. The highest BCUT2D eigenvalue weighted by Crippen LogP contribution is 2.33. The fraction of sp³-hybridized carbons (Fsp3) is 0.778. The molecule has 1 aliphatic carbocycles. The van der Waals surface area contributed by atoms with Crippen molar-refractivity contribution in [1.82, 2.24) is 24.7 Å². The molecule has 3 fully saturated rings. The predicted octanol–water partition coefficient (Wildman–Crippen LogP) is 4.97. The van der Waals surface area contributed by atoms with Gasteiger partial charge < -0.3 is 20.0 Å². The van der Waals surface area contributed by atoms with Crippen molar-refractivity contribution in [3.8, 4) is 0 Å². The van der Waals surface area contributed by atoms with E-state index in [4.69, 9.17) is 0 Å². The van der Waals surface area contributed by atoms with E-state index in [2.05, 4.69) is 37.0 Å². The Labute approximate surface area is 222 Å². The first-order valence-corrected chi connectivity index (χ1v) is 14.8. The van der Waals surface area contributed by atoms with Gasteiger partial charge in [0.05, 0.1) is 11.8 Å². The van der Waals surface area contributed by atoms with Crippen LogP contribution in [0.4, 0.5) is 19.0 Å². The van der Waals surface area contributed by atoms with Crippen LogP contribution in [0.2, 0.25) is 0 Å². The molecule has 6 nitrogen and oxygen atoms in total. The quantitative estimate of drug-likeness (QED) is 0.512. The predicted molar refractivity (Wildman–Crippen MR) is 144 cm³/mol. The zero-order valence-electron chi connectivity index (χ0n) is 22.0. The van der Waals surface area contributed by atoms with Gasteiger partial charge in [-0.05, 0) is 82.5 Å². The monoisotopic (exact) mass is 538 g/mol. The zero-order valence-corrected chi connectivity index (χ0v) is 22.8. The van der Waals surface area contributed by atoms with E-state index in [9.17, 15) is 13.2 Å². The van der Waals surface area contributed by atoms with Gasteiger partial charge in [0, 0.05) is 50.7 Å². The van der Waals surface area contributed by atoms with Gasteiger partial charge in [-0.3, -0.25) is 0 Å². The summed E-state index contributed by atoms with van der Waals surface area (Å²) in [6.45, 7) is 10.5. The van der Waals surface area contributed by atoms with Crippen LogP contribution < -0.4 is 5.32 Å². The Morgan fingerprint density at radius 1 is 0.865 bits per heavy atom. The van der Waals surface area contributed by atoms with Crippen LogP contribution in [0.1, 0.15) is 43.4 Å². The molecule has 2 saturated heterocycles. The molecule has 2 aromatic heterocycles. The van der Waals surface area contributed by atoms with Crippen molar-refractivity contribution in [1.29, 1.82) is 0 Å². The summed E-state index contributed by atoms with van der Waals surface area (Å²) in [5.41, 5.74) is 0. The standard InChI is InChI=1S/C27H41F3N6S/c1-34-10-12-36(13-11-34)18-22-4-2-21(3-5-22)17-35-8-6-20(7-9-35)16-31-25-24-14-23(15-27(28,29)30)37-26(24)33-19-32-25/h14,19-22H,2-13,15-18H2,1H3,(H,31,32,33). The summed E-state index contributed by atoms with van der Waals surface area (Å²) in [6.07, 6.45) is 4.16. The highest BCUT2D eigenvalue weighted by molar-refractivity contribution is 7.18. The number of piperazine rings is 1. The normalized spacial score (nSPS) is 25.6. The van der Waals surface area contributed by atoms with Crippen LogP contribution in [0.25, 0.3) is 10.2 Å². The number of halogens is 3. The number of alkyl halides is 3. The first-order valence-electron chi connectivity index (χ1n) is 14.0. The van der Waals surface area contributed by atoms with E-state index < -0.39 is 12.6 Å². The molecule has 0 spiro atoms. The summed E-state index contributed by atoms with van der Waals surface area (Å²) in [7, 11) is 2.22. The minimum atomic E-state index is -4.21. The molecule has 0 aromatic carbocycles. The van der Waals surface area contributed by atoms with Crippen molar-refractivity contribution < 1.29 is 13.2 Å². The number of thiophene rings is 1. The Morgan fingerprint density at radius 2 is 1.49 bits per heavy atom. The Bertz CT molecular complexity index is 990. The third-order valence-corrected chi connectivity index (χ3v) is 9.66. The molecule has 206 valence electrons. The molecule has 5 rings (SSSR count). The number of likely N-dealkylation sites (N-methyl/N-ethyl adjacent to an activating group) is 1. The largest absolute Gasteiger partial charge is 0.393 e. The number of nitrogens with one attached hydrogen (secondary N) is 1. The van der Waals surface area contributed by atoms with Gasteiger partial charge in [-0.1, -0.05) is 0 Å². The minimum Gasteiger partial charge on any atom is -0.369 e. The van der Waals surface area contributed by atoms with Crippen molar-refractivity contribution >= 4 is 27.4 Å². The van der Waals surface area contributed by atoms with E-state index in [1.54, 1.807) is 6.07 Å². The van der Waals surface area contributed by atoms with Crippen LogP contribution in [0.15, 0.2) is 12.4 Å². The molecule has 2 aliphatic heterocycles. The smallest absolute Gasteiger partial charge is 0.369 e. The summed E-state index contributed by atoms with van der Waals surface area (Å²) in [4.78, 5) is 17.2. The highest BCUT2D eigenvalue weighted by atomic mass is 32.1. The van der Waals surface area contributed by atoms with Gasteiger partial charge in [-0.15, -0.1) is 11.3 Å². The van der Waals surface area contributed by atoms with Crippen molar-refractivity contribution in [3.63, 3.8) is 0 Å². The van der Waals surface area contributed by atoms with E-state index in [1.807, 2.05) is 0 Å². The van der Waals surface area contributed by atoms with Crippen molar-refractivity contribution in [3.05, 3.63) is 17.3 Å². The van der Waals surface area contributed by atoms with Gasteiger partial charge in [-0.25, -0.2) is 9.97 Å². The molecule has 4 heterocycles. The topological polar surface area (TPSA) is 47.5 Å².